The average Bonchev–Trinajstić information content (AvgIpc) is 2.86. The third-order valence-electron chi connectivity index (χ3n) is 5.39. The number of para-hydroxylation sites is 2. The lowest BCUT2D eigenvalue weighted by molar-refractivity contribution is -0.129. The van der Waals surface area contributed by atoms with Crippen molar-refractivity contribution in [3.63, 3.8) is 0 Å². The third kappa shape index (κ3) is 6.41. The molecule has 1 heterocycles. The first-order valence-corrected chi connectivity index (χ1v) is 12.2. The minimum absolute atomic E-state index is 0.0225. The summed E-state index contributed by atoms with van der Waals surface area (Å²) in [4.78, 5) is 32.4. The molecule has 1 unspecified atom stereocenters. The van der Waals surface area contributed by atoms with Crippen LogP contribution in [0.4, 0.5) is 15.8 Å². The van der Waals surface area contributed by atoms with Crippen molar-refractivity contribution < 1.29 is 18.7 Å². The molecule has 3 aromatic rings. The van der Waals surface area contributed by atoms with E-state index in [1.807, 2.05) is 12.1 Å². The number of anilines is 1. The molecule has 0 aromatic heterocycles. The fourth-order valence-electron chi connectivity index (χ4n) is 3.54. The van der Waals surface area contributed by atoms with Crippen LogP contribution in [0.1, 0.15) is 12.0 Å². The number of amidine groups is 1. The van der Waals surface area contributed by atoms with Crippen LogP contribution >= 0.6 is 23.4 Å². The molecule has 35 heavy (non-hydrogen) atoms. The molecule has 1 aliphatic heterocycles. The molecule has 180 valence electrons. The predicted molar refractivity (Wildman–Crippen MR) is 138 cm³/mol. The Labute approximate surface area is 212 Å². The second kappa shape index (κ2) is 11.4. The highest BCUT2D eigenvalue weighted by Crippen LogP contribution is 2.31. The van der Waals surface area contributed by atoms with Gasteiger partial charge in [-0.3, -0.25) is 14.5 Å². The van der Waals surface area contributed by atoms with E-state index >= 15 is 0 Å². The van der Waals surface area contributed by atoms with Crippen LogP contribution in [0.5, 0.6) is 5.75 Å². The molecule has 1 N–H and O–H groups in total. The number of benzene rings is 3. The van der Waals surface area contributed by atoms with Gasteiger partial charge in [-0.05, 0) is 60.5 Å². The Morgan fingerprint density at radius 3 is 2.57 bits per heavy atom. The third-order valence-corrected chi connectivity index (χ3v) is 6.83. The lowest BCUT2D eigenvalue weighted by Crippen LogP contribution is -2.46. The first-order chi connectivity index (χ1) is 16.9. The number of methoxy groups -OCH3 is 1. The van der Waals surface area contributed by atoms with E-state index in [9.17, 15) is 14.0 Å². The topological polar surface area (TPSA) is 71.0 Å². The van der Waals surface area contributed by atoms with E-state index in [-0.39, 0.29) is 24.1 Å². The van der Waals surface area contributed by atoms with Crippen LogP contribution in [0.2, 0.25) is 5.02 Å². The van der Waals surface area contributed by atoms with Crippen LogP contribution in [-0.2, 0) is 16.0 Å². The molecule has 0 aliphatic carbocycles. The quantitative estimate of drug-likeness (QED) is 0.442. The van der Waals surface area contributed by atoms with E-state index in [1.54, 1.807) is 41.3 Å². The molecule has 4 rings (SSSR count). The molecule has 1 aliphatic rings. The number of ether oxygens (including phenoxy) is 1. The average molecular weight is 512 g/mol. The van der Waals surface area contributed by atoms with Crippen molar-refractivity contribution in [3.05, 3.63) is 89.2 Å². The predicted octanol–water partition coefficient (Wildman–Crippen LogP) is 5.69. The zero-order valence-corrected chi connectivity index (χ0v) is 20.5. The molecular weight excluding hydrogens is 489 g/mol. The Kier molecular flexibility index (Phi) is 8.05. The van der Waals surface area contributed by atoms with Gasteiger partial charge in [0.05, 0.1) is 18.5 Å². The van der Waals surface area contributed by atoms with E-state index in [4.69, 9.17) is 16.3 Å². The van der Waals surface area contributed by atoms with Crippen LogP contribution in [0.15, 0.2) is 77.8 Å². The van der Waals surface area contributed by atoms with Crippen molar-refractivity contribution in [2.45, 2.75) is 18.1 Å². The van der Waals surface area contributed by atoms with E-state index in [0.717, 1.165) is 5.56 Å². The number of rotatable bonds is 7. The maximum atomic E-state index is 13.4. The van der Waals surface area contributed by atoms with E-state index < -0.39 is 5.25 Å². The Morgan fingerprint density at radius 1 is 1.14 bits per heavy atom. The van der Waals surface area contributed by atoms with Crippen LogP contribution in [-0.4, -0.2) is 40.8 Å². The first-order valence-electron chi connectivity index (χ1n) is 10.9. The number of thioether (sulfide) groups is 1. The van der Waals surface area contributed by atoms with Crippen LogP contribution < -0.4 is 10.1 Å². The van der Waals surface area contributed by atoms with Gasteiger partial charge in [-0.2, -0.15) is 0 Å². The summed E-state index contributed by atoms with van der Waals surface area (Å²) in [5.74, 6) is -0.386. The summed E-state index contributed by atoms with van der Waals surface area (Å²) in [5.41, 5.74) is 2.03. The van der Waals surface area contributed by atoms with Gasteiger partial charge in [-0.25, -0.2) is 9.38 Å². The molecule has 6 nitrogen and oxygen atoms in total. The SMILES string of the molecule is COc1ccccc1NC(=O)C1CC(=O)N(CCc2ccc(Cl)cc2)C(=Nc2ccc(F)cc2)S1. The highest BCUT2D eigenvalue weighted by Gasteiger charge is 2.36. The minimum atomic E-state index is -0.682. The van der Waals surface area contributed by atoms with Gasteiger partial charge in [0.15, 0.2) is 5.17 Å². The molecule has 0 saturated carbocycles. The van der Waals surface area contributed by atoms with E-state index in [1.165, 1.54) is 43.1 Å². The summed E-state index contributed by atoms with van der Waals surface area (Å²) < 4.78 is 18.7. The van der Waals surface area contributed by atoms with Crippen molar-refractivity contribution in [1.82, 2.24) is 4.90 Å². The number of hydrogen-bond donors (Lipinski definition) is 1. The largest absolute Gasteiger partial charge is 0.495 e. The normalized spacial score (nSPS) is 16.9. The molecule has 0 spiro atoms. The Morgan fingerprint density at radius 2 is 1.86 bits per heavy atom. The standard InChI is InChI=1S/C26H23ClFN3O3S/c1-34-22-5-3-2-4-21(22)30-25(33)23-16-24(32)31(15-14-17-6-8-18(27)9-7-17)26(35-23)29-20-12-10-19(28)11-13-20/h2-13,23H,14-16H2,1H3,(H,30,33). The smallest absolute Gasteiger partial charge is 0.238 e. The Balaban J connectivity index is 1.55. The summed E-state index contributed by atoms with van der Waals surface area (Å²) in [6.45, 7) is 0.383. The Hall–Kier alpha value is -3.36. The maximum Gasteiger partial charge on any atom is 0.238 e. The molecule has 2 amide bonds. The van der Waals surface area contributed by atoms with Crippen LogP contribution in [0.25, 0.3) is 0 Å². The number of amides is 2. The van der Waals surface area contributed by atoms with Gasteiger partial charge >= 0.3 is 0 Å². The molecule has 1 fully saturated rings. The van der Waals surface area contributed by atoms with Crippen molar-refractivity contribution >= 4 is 51.7 Å². The van der Waals surface area contributed by atoms with Gasteiger partial charge in [0.1, 0.15) is 16.8 Å². The summed E-state index contributed by atoms with van der Waals surface area (Å²) in [5, 5.41) is 3.20. The van der Waals surface area contributed by atoms with Gasteiger partial charge in [-0.1, -0.05) is 47.6 Å². The lowest BCUT2D eigenvalue weighted by Gasteiger charge is -2.32. The maximum absolute atomic E-state index is 13.4. The highest BCUT2D eigenvalue weighted by atomic mass is 35.5. The number of hydrogen-bond acceptors (Lipinski definition) is 5. The van der Waals surface area contributed by atoms with Crippen LogP contribution in [0.3, 0.4) is 0 Å². The highest BCUT2D eigenvalue weighted by molar-refractivity contribution is 8.15. The lowest BCUT2D eigenvalue weighted by atomic mass is 10.1. The van der Waals surface area contributed by atoms with E-state index in [2.05, 4.69) is 10.3 Å². The molecule has 1 atom stereocenters. The van der Waals surface area contributed by atoms with Gasteiger partial charge in [0.25, 0.3) is 0 Å². The zero-order valence-electron chi connectivity index (χ0n) is 18.9. The van der Waals surface area contributed by atoms with E-state index in [0.29, 0.717) is 40.3 Å². The fraction of sp³-hybridized carbons (Fsp3) is 0.192. The summed E-state index contributed by atoms with van der Waals surface area (Å²) in [7, 11) is 1.52. The molecule has 0 bridgehead atoms. The summed E-state index contributed by atoms with van der Waals surface area (Å²) in [6.07, 6.45) is 0.610. The second-order valence-electron chi connectivity index (χ2n) is 7.79. The fourth-order valence-corrected chi connectivity index (χ4v) is 4.79. The van der Waals surface area contributed by atoms with Crippen LogP contribution in [0, 0.1) is 5.82 Å². The number of carbonyl (C=O) groups is 2. The first kappa shape index (κ1) is 24.8. The Bertz CT molecular complexity index is 1240. The van der Waals surface area contributed by atoms with Crippen molar-refractivity contribution in [2.24, 2.45) is 4.99 Å². The van der Waals surface area contributed by atoms with Gasteiger partial charge in [-0.15, -0.1) is 0 Å². The van der Waals surface area contributed by atoms with Crippen molar-refractivity contribution in [2.75, 3.05) is 19.0 Å². The number of aliphatic imine (C=N–C) groups is 1. The molecule has 9 heteroatoms. The zero-order chi connectivity index (χ0) is 24.8. The number of carbonyl (C=O) groups excluding carboxylic acids is 2. The molecule has 3 aromatic carbocycles. The summed E-state index contributed by atoms with van der Waals surface area (Å²) >= 11 is 7.18. The van der Waals surface area contributed by atoms with Gasteiger partial charge < -0.3 is 10.1 Å². The van der Waals surface area contributed by atoms with Gasteiger partial charge in [0.2, 0.25) is 11.8 Å². The summed E-state index contributed by atoms with van der Waals surface area (Å²) in [6, 6.07) is 20.2. The molecular formula is C26H23ClFN3O3S. The van der Waals surface area contributed by atoms with Gasteiger partial charge in [0, 0.05) is 18.0 Å². The molecule has 0 radical (unpaired) electrons. The monoisotopic (exact) mass is 511 g/mol. The number of nitrogens with zero attached hydrogens (tertiary/aromatic N) is 2. The van der Waals surface area contributed by atoms with Crippen molar-refractivity contribution in [1.29, 1.82) is 0 Å². The number of halogens is 2. The molecule has 1 saturated heterocycles. The number of nitrogens with one attached hydrogen (secondary N) is 1. The van der Waals surface area contributed by atoms with Crippen molar-refractivity contribution in [3.8, 4) is 5.75 Å². The second-order valence-corrected chi connectivity index (χ2v) is 9.40. The minimum Gasteiger partial charge on any atom is -0.495 e.